The maximum atomic E-state index is 12.8. The summed E-state index contributed by atoms with van der Waals surface area (Å²) in [7, 11) is 1.56. The number of halogens is 3. The smallest absolute Gasteiger partial charge is 0.339 e. The molecule has 3 rings (SSSR count). The predicted octanol–water partition coefficient (Wildman–Crippen LogP) is 4.84. The lowest BCUT2D eigenvalue weighted by Gasteiger charge is -2.18. The Labute approximate surface area is 161 Å². The Bertz CT molecular complexity index is 800. The van der Waals surface area contributed by atoms with Crippen LogP contribution in [0.25, 0.3) is 0 Å². The van der Waals surface area contributed by atoms with E-state index in [0.717, 1.165) is 25.0 Å². The molecule has 9 heteroatoms. The molecule has 1 heterocycles. The van der Waals surface area contributed by atoms with Gasteiger partial charge in [-0.2, -0.15) is 18.2 Å². The van der Waals surface area contributed by atoms with E-state index in [1.54, 1.807) is 7.05 Å². The third-order valence-electron chi connectivity index (χ3n) is 4.90. The number of amides is 2. The third kappa shape index (κ3) is 5.24. The second-order valence-corrected chi connectivity index (χ2v) is 7.06. The molecule has 0 aliphatic heterocycles. The fourth-order valence-corrected chi connectivity index (χ4v) is 3.25. The van der Waals surface area contributed by atoms with Crippen molar-refractivity contribution >= 4 is 11.7 Å². The van der Waals surface area contributed by atoms with Crippen LogP contribution in [0.1, 0.15) is 55.3 Å². The number of rotatable bonds is 5. The van der Waals surface area contributed by atoms with Crippen molar-refractivity contribution in [1.82, 2.24) is 15.0 Å². The van der Waals surface area contributed by atoms with E-state index in [0.29, 0.717) is 30.6 Å². The Morgan fingerprint density at radius 1 is 1.29 bits per heavy atom. The molecule has 2 aromatic rings. The number of alkyl halides is 3. The molecule has 1 N–H and O–H groups in total. The molecule has 0 unspecified atom stereocenters. The first-order valence-corrected chi connectivity index (χ1v) is 9.35. The van der Waals surface area contributed by atoms with Crippen LogP contribution in [0.15, 0.2) is 28.8 Å². The maximum Gasteiger partial charge on any atom is 0.416 e. The molecule has 1 saturated carbocycles. The lowest BCUT2D eigenvalue weighted by Crippen LogP contribution is -2.33. The summed E-state index contributed by atoms with van der Waals surface area (Å²) in [5, 5.41) is 6.45. The van der Waals surface area contributed by atoms with Gasteiger partial charge in [-0.25, -0.2) is 4.79 Å². The van der Waals surface area contributed by atoms with E-state index in [1.807, 2.05) is 0 Å². The van der Waals surface area contributed by atoms with Crippen molar-refractivity contribution in [3.8, 4) is 0 Å². The molecule has 0 spiro atoms. The summed E-state index contributed by atoms with van der Waals surface area (Å²) in [6.45, 7) is 0.314. The predicted molar refractivity (Wildman–Crippen MR) is 96.9 cm³/mol. The van der Waals surface area contributed by atoms with Gasteiger partial charge in [-0.3, -0.25) is 0 Å². The van der Waals surface area contributed by atoms with Gasteiger partial charge in [0.25, 0.3) is 0 Å². The van der Waals surface area contributed by atoms with Gasteiger partial charge in [0.1, 0.15) is 0 Å². The van der Waals surface area contributed by atoms with E-state index in [2.05, 4.69) is 15.5 Å². The highest BCUT2D eigenvalue weighted by Gasteiger charge is 2.30. The number of benzene rings is 1. The van der Waals surface area contributed by atoms with Gasteiger partial charge < -0.3 is 14.7 Å². The third-order valence-corrected chi connectivity index (χ3v) is 4.90. The molecular formula is C19H23F3N4O2. The molecule has 0 bridgehead atoms. The number of urea groups is 1. The van der Waals surface area contributed by atoms with E-state index in [4.69, 9.17) is 4.52 Å². The van der Waals surface area contributed by atoms with E-state index in [1.165, 1.54) is 36.3 Å². The molecule has 0 radical (unpaired) electrons. The summed E-state index contributed by atoms with van der Waals surface area (Å²) in [6, 6.07) is 4.03. The highest BCUT2D eigenvalue weighted by atomic mass is 19.4. The second kappa shape index (κ2) is 8.62. The zero-order valence-corrected chi connectivity index (χ0v) is 15.6. The number of aromatic nitrogens is 2. The van der Waals surface area contributed by atoms with Crippen molar-refractivity contribution in [2.24, 2.45) is 0 Å². The van der Waals surface area contributed by atoms with E-state index in [9.17, 15) is 18.0 Å². The molecule has 1 aliphatic rings. The van der Waals surface area contributed by atoms with Gasteiger partial charge in [-0.15, -0.1) is 0 Å². The molecule has 28 heavy (non-hydrogen) atoms. The fraction of sp³-hybridized carbons (Fsp3) is 0.526. The maximum absolute atomic E-state index is 12.8. The molecule has 1 fully saturated rings. The summed E-state index contributed by atoms with van der Waals surface area (Å²) in [5.41, 5.74) is -0.721. The minimum absolute atomic E-state index is 0.0887. The van der Waals surface area contributed by atoms with E-state index < -0.39 is 17.8 Å². The van der Waals surface area contributed by atoms with E-state index in [-0.39, 0.29) is 5.69 Å². The van der Waals surface area contributed by atoms with Crippen molar-refractivity contribution < 1.29 is 22.5 Å². The van der Waals surface area contributed by atoms with Crippen molar-refractivity contribution in [2.45, 2.75) is 50.6 Å². The molecule has 2 amide bonds. The van der Waals surface area contributed by atoms with E-state index >= 15 is 0 Å². The summed E-state index contributed by atoms with van der Waals surface area (Å²) >= 11 is 0. The summed E-state index contributed by atoms with van der Waals surface area (Å²) in [5.74, 6) is 1.50. The number of carbonyl (C=O) groups is 1. The molecule has 6 nitrogen and oxygen atoms in total. The van der Waals surface area contributed by atoms with Crippen LogP contribution in [0.2, 0.25) is 0 Å². The number of carbonyl (C=O) groups excluding carboxylic acids is 1. The summed E-state index contributed by atoms with van der Waals surface area (Å²) in [4.78, 5) is 18.0. The number of likely N-dealkylation sites (N-methyl/N-ethyl adjacent to an activating group) is 1. The Morgan fingerprint density at radius 3 is 2.75 bits per heavy atom. The molecule has 0 saturated heterocycles. The quantitative estimate of drug-likeness (QED) is 0.785. The number of hydrogen-bond donors (Lipinski definition) is 1. The standard InChI is InChI=1S/C19H23F3N4O2/c1-26(18(27)23-15-9-5-8-14(12-15)19(20,21)22)11-10-16-24-17(28-25-16)13-6-3-2-4-7-13/h5,8-9,12-13H,2-4,6-7,10-11H2,1H3,(H,23,27). The number of nitrogens with one attached hydrogen (secondary N) is 1. The Hall–Kier alpha value is -2.58. The molecule has 1 aliphatic carbocycles. The van der Waals surface area contributed by atoms with Gasteiger partial charge in [-0.1, -0.05) is 30.5 Å². The Balaban J connectivity index is 1.51. The topological polar surface area (TPSA) is 71.3 Å². The normalized spacial score (nSPS) is 15.4. The zero-order chi connectivity index (χ0) is 20.1. The fourth-order valence-electron chi connectivity index (χ4n) is 3.25. The van der Waals surface area contributed by atoms with Gasteiger partial charge in [0.2, 0.25) is 5.89 Å². The summed E-state index contributed by atoms with van der Waals surface area (Å²) < 4.78 is 43.6. The number of hydrogen-bond acceptors (Lipinski definition) is 4. The number of nitrogens with zero attached hydrogens (tertiary/aromatic N) is 3. The van der Waals surface area contributed by atoms with Gasteiger partial charge in [-0.05, 0) is 31.0 Å². The van der Waals surface area contributed by atoms with Crippen LogP contribution in [0.3, 0.4) is 0 Å². The van der Waals surface area contributed by atoms with Crippen LogP contribution in [-0.4, -0.2) is 34.7 Å². The molecule has 152 valence electrons. The minimum atomic E-state index is -4.46. The highest BCUT2D eigenvalue weighted by Crippen LogP contribution is 2.32. The molecule has 0 atom stereocenters. The monoisotopic (exact) mass is 396 g/mol. The van der Waals surface area contributed by atoms with Crippen molar-refractivity contribution in [3.05, 3.63) is 41.5 Å². The first kappa shape index (κ1) is 20.2. The minimum Gasteiger partial charge on any atom is -0.339 e. The van der Waals surface area contributed by atoms with Crippen LogP contribution >= 0.6 is 0 Å². The molecule has 1 aromatic carbocycles. The zero-order valence-electron chi connectivity index (χ0n) is 15.6. The average Bonchev–Trinajstić information content (AvgIpc) is 3.15. The molecule has 1 aromatic heterocycles. The van der Waals surface area contributed by atoms with Crippen LogP contribution in [0.4, 0.5) is 23.7 Å². The lowest BCUT2D eigenvalue weighted by atomic mass is 9.89. The van der Waals surface area contributed by atoms with Crippen molar-refractivity contribution in [2.75, 3.05) is 18.9 Å². The second-order valence-electron chi connectivity index (χ2n) is 7.06. The Kier molecular flexibility index (Phi) is 6.21. The summed E-state index contributed by atoms with van der Waals surface area (Å²) in [6.07, 6.45) is 1.64. The van der Waals surface area contributed by atoms with Crippen molar-refractivity contribution in [1.29, 1.82) is 0 Å². The lowest BCUT2D eigenvalue weighted by molar-refractivity contribution is -0.137. The molecular weight excluding hydrogens is 373 g/mol. The first-order valence-electron chi connectivity index (χ1n) is 9.35. The first-order chi connectivity index (χ1) is 13.3. The van der Waals surface area contributed by atoms with Crippen molar-refractivity contribution in [3.63, 3.8) is 0 Å². The number of anilines is 1. The largest absolute Gasteiger partial charge is 0.416 e. The Morgan fingerprint density at radius 2 is 2.04 bits per heavy atom. The van der Waals surface area contributed by atoms with Gasteiger partial charge in [0.05, 0.1) is 5.56 Å². The van der Waals surface area contributed by atoms with Gasteiger partial charge in [0, 0.05) is 31.6 Å². The average molecular weight is 396 g/mol. The van der Waals surface area contributed by atoms with Gasteiger partial charge in [0.15, 0.2) is 5.82 Å². The van der Waals surface area contributed by atoms with Crippen LogP contribution < -0.4 is 5.32 Å². The van der Waals surface area contributed by atoms with Gasteiger partial charge >= 0.3 is 12.2 Å². The SMILES string of the molecule is CN(CCc1noc(C2CCCCC2)n1)C(=O)Nc1cccc(C(F)(F)F)c1. The van der Waals surface area contributed by atoms with Crippen LogP contribution in [-0.2, 0) is 12.6 Å². The van der Waals surface area contributed by atoms with Crippen LogP contribution in [0.5, 0.6) is 0 Å². The van der Waals surface area contributed by atoms with Crippen LogP contribution in [0, 0.1) is 0 Å². The highest BCUT2D eigenvalue weighted by molar-refractivity contribution is 5.89.